The van der Waals surface area contributed by atoms with Gasteiger partial charge in [-0.05, 0) is 29.3 Å². The van der Waals surface area contributed by atoms with Crippen molar-refractivity contribution < 1.29 is 18.7 Å². The molecule has 0 fully saturated rings. The van der Waals surface area contributed by atoms with Gasteiger partial charge in [0.1, 0.15) is 17.7 Å². The number of aryl methyl sites for hydroxylation is 1. The second-order valence-electron chi connectivity index (χ2n) is 7.41. The number of ether oxygens (including phenoxy) is 1. The zero-order valence-corrected chi connectivity index (χ0v) is 17.3. The number of imidazole rings is 1. The predicted octanol–water partition coefficient (Wildman–Crippen LogP) is 2.68. The number of hydrogen-bond donors (Lipinski definition) is 1. The summed E-state index contributed by atoms with van der Waals surface area (Å²) in [5.74, 6) is -0.346. The van der Waals surface area contributed by atoms with Crippen molar-refractivity contribution in [3.63, 3.8) is 0 Å². The number of fused-ring (bicyclic) bond motifs is 1. The molecule has 1 atom stereocenters. The quantitative estimate of drug-likeness (QED) is 0.635. The summed E-state index contributed by atoms with van der Waals surface area (Å²) < 4.78 is 20.3. The van der Waals surface area contributed by atoms with Crippen molar-refractivity contribution in [3.05, 3.63) is 88.8 Å². The minimum absolute atomic E-state index is 0.187. The van der Waals surface area contributed by atoms with Gasteiger partial charge in [-0.15, -0.1) is 0 Å². The van der Waals surface area contributed by atoms with Gasteiger partial charge in [-0.25, -0.2) is 9.37 Å². The van der Waals surface area contributed by atoms with Gasteiger partial charge in [0.25, 0.3) is 11.8 Å². The lowest BCUT2D eigenvalue weighted by Crippen LogP contribution is -2.33. The van der Waals surface area contributed by atoms with Gasteiger partial charge >= 0.3 is 0 Å². The van der Waals surface area contributed by atoms with Crippen molar-refractivity contribution in [2.75, 3.05) is 20.3 Å². The fourth-order valence-corrected chi connectivity index (χ4v) is 3.81. The normalized spacial score (nSPS) is 13.9. The number of methoxy groups -OCH3 is 1. The SMILES string of the molecule is COCCN1Cc2cccc(C(=O)NC(c3ccc(F)cc3)c3nccn3C)c2C1=O. The van der Waals surface area contributed by atoms with Crippen LogP contribution in [0.3, 0.4) is 0 Å². The van der Waals surface area contributed by atoms with E-state index in [2.05, 4.69) is 10.3 Å². The number of amides is 2. The maximum absolute atomic E-state index is 13.5. The van der Waals surface area contributed by atoms with Crippen molar-refractivity contribution in [1.82, 2.24) is 19.8 Å². The van der Waals surface area contributed by atoms with Crippen LogP contribution in [0.2, 0.25) is 0 Å². The molecule has 2 aromatic carbocycles. The molecule has 1 aliphatic heterocycles. The Bertz CT molecular complexity index is 1110. The van der Waals surface area contributed by atoms with E-state index in [1.807, 2.05) is 13.1 Å². The average molecular weight is 422 g/mol. The first-order valence-electron chi connectivity index (χ1n) is 9.93. The van der Waals surface area contributed by atoms with Crippen LogP contribution in [-0.2, 0) is 18.3 Å². The summed E-state index contributed by atoms with van der Waals surface area (Å²) in [7, 11) is 3.40. The van der Waals surface area contributed by atoms with Gasteiger partial charge in [-0.1, -0.05) is 24.3 Å². The molecule has 0 saturated carbocycles. The Morgan fingerprint density at radius 1 is 1.26 bits per heavy atom. The first-order valence-corrected chi connectivity index (χ1v) is 9.93. The molecule has 2 heterocycles. The lowest BCUT2D eigenvalue weighted by Gasteiger charge is -2.20. The first kappa shape index (κ1) is 20.7. The average Bonchev–Trinajstić information content (AvgIpc) is 3.34. The minimum Gasteiger partial charge on any atom is -0.383 e. The van der Waals surface area contributed by atoms with Crippen molar-refractivity contribution in [2.24, 2.45) is 7.05 Å². The standard InChI is InChI=1S/C23H23FN4O3/c1-27-11-10-25-21(27)20(15-6-8-17(24)9-7-15)26-22(29)18-5-3-4-16-14-28(12-13-31-2)23(30)19(16)18/h3-11,20H,12-14H2,1-2H3,(H,26,29). The van der Waals surface area contributed by atoms with Crippen LogP contribution in [0, 0.1) is 5.82 Å². The third kappa shape index (κ3) is 4.06. The number of nitrogens with zero attached hydrogens (tertiary/aromatic N) is 3. The molecule has 3 aromatic rings. The van der Waals surface area contributed by atoms with E-state index in [0.717, 1.165) is 5.56 Å². The maximum atomic E-state index is 13.5. The Morgan fingerprint density at radius 2 is 2.03 bits per heavy atom. The monoisotopic (exact) mass is 422 g/mol. The molecule has 0 saturated heterocycles. The maximum Gasteiger partial charge on any atom is 0.255 e. The lowest BCUT2D eigenvalue weighted by molar-refractivity contribution is 0.0715. The lowest BCUT2D eigenvalue weighted by atomic mass is 10.0. The smallest absolute Gasteiger partial charge is 0.255 e. The van der Waals surface area contributed by atoms with E-state index >= 15 is 0 Å². The molecule has 31 heavy (non-hydrogen) atoms. The Kier molecular flexibility index (Phi) is 5.81. The van der Waals surface area contributed by atoms with Gasteiger partial charge in [0.05, 0.1) is 17.7 Å². The highest BCUT2D eigenvalue weighted by Crippen LogP contribution is 2.27. The summed E-state index contributed by atoms with van der Waals surface area (Å²) in [6, 6.07) is 10.6. The number of benzene rings is 2. The number of nitrogens with one attached hydrogen (secondary N) is 1. The molecule has 2 amide bonds. The van der Waals surface area contributed by atoms with Crippen molar-refractivity contribution in [1.29, 1.82) is 0 Å². The fourth-order valence-electron chi connectivity index (χ4n) is 3.81. The largest absolute Gasteiger partial charge is 0.383 e. The number of carbonyl (C=O) groups excluding carboxylic acids is 2. The van der Waals surface area contributed by atoms with Crippen LogP contribution in [0.4, 0.5) is 4.39 Å². The molecule has 7 nitrogen and oxygen atoms in total. The molecule has 4 rings (SSSR count). The zero-order chi connectivity index (χ0) is 22.0. The van der Waals surface area contributed by atoms with Gasteiger partial charge in [0.15, 0.2) is 0 Å². The van der Waals surface area contributed by atoms with Crippen molar-refractivity contribution in [2.45, 2.75) is 12.6 Å². The van der Waals surface area contributed by atoms with Crippen LogP contribution < -0.4 is 5.32 Å². The summed E-state index contributed by atoms with van der Waals surface area (Å²) >= 11 is 0. The Morgan fingerprint density at radius 3 is 2.71 bits per heavy atom. The molecule has 0 radical (unpaired) electrons. The van der Waals surface area contributed by atoms with E-state index in [1.165, 1.54) is 12.1 Å². The Balaban J connectivity index is 1.66. The third-order valence-corrected chi connectivity index (χ3v) is 5.42. The van der Waals surface area contributed by atoms with Gasteiger partial charge < -0.3 is 19.5 Å². The third-order valence-electron chi connectivity index (χ3n) is 5.42. The van der Waals surface area contributed by atoms with Crippen molar-refractivity contribution >= 4 is 11.8 Å². The molecule has 1 unspecified atom stereocenters. The van der Waals surface area contributed by atoms with E-state index < -0.39 is 11.9 Å². The zero-order valence-electron chi connectivity index (χ0n) is 17.3. The van der Waals surface area contributed by atoms with E-state index in [0.29, 0.717) is 42.2 Å². The Labute approximate surface area is 179 Å². The molecule has 1 N–H and O–H groups in total. The van der Waals surface area contributed by atoms with Gasteiger partial charge in [-0.2, -0.15) is 0 Å². The van der Waals surface area contributed by atoms with Crippen molar-refractivity contribution in [3.8, 4) is 0 Å². The first-order chi connectivity index (χ1) is 15.0. The molecule has 0 bridgehead atoms. The number of rotatable bonds is 7. The summed E-state index contributed by atoms with van der Waals surface area (Å²) in [6.07, 6.45) is 3.41. The summed E-state index contributed by atoms with van der Waals surface area (Å²) in [5, 5.41) is 2.98. The summed E-state index contributed by atoms with van der Waals surface area (Å²) in [5.41, 5.74) is 2.21. The molecule has 0 aliphatic carbocycles. The van der Waals surface area contributed by atoms with Gasteiger partial charge in [0.2, 0.25) is 0 Å². The highest BCUT2D eigenvalue weighted by atomic mass is 19.1. The van der Waals surface area contributed by atoms with Crippen LogP contribution in [0.5, 0.6) is 0 Å². The molecule has 1 aromatic heterocycles. The molecule has 0 spiro atoms. The fraction of sp³-hybridized carbons (Fsp3) is 0.261. The second kappa shape index (κ2) is 8.69. The number of hydrogen-bond acceptors (Lipinski definition) is 4. The van der Waals surface area contributed by atoms with Gasteiger partial charge in [-0.3, -0.25) is 9.59 Å². The summed E-state index contributed by atoms with van der Waals surface area (Å²) in [6.45, 7) is 1.32. The number of carbonyl (C=O) groups is 2. The van der Waals surface area contributed by atoms with E-state index in [4.69, 9.17) is 4.74 Å². The van der Waals surface area contributed by atoms with Crippen LogP contribution in [0.25, 0.3) is 0 Å². The topological polar surface area (TPSA) is 76.5 Å². The number of halogens is 1. The van der Waals surface area contributed by atoms with E-state index in [9.17, 15) is 14.0 Å². The highest BCUT2D eigenvalue weighted by molar-refractivity contribution is 6.09. The summed E-state index contributed by atoms with van der Waals surface area (Å²) in [4.78, 5) is 32.3. The molecular weight excluding hydrogens is 399 g/mol. The van der Waals surface area contributed by atoms with Crippen LogP contribution in [0.15, 0.2) is 54.9 Å². The van der Waals surface area contributed by atoms with E-state index in [1.54, 1.807) is 53.2 Å². The molecular formula is C23H23FN4O3. The van der Waals surface area contributed by atoms with Gasteiger partial charge in [0, 0.05) is 39.6 Å². The Hall–Kier alpha value is -3.52. The second-order valence-corrected chi connectivity index (χ2v) is 7.41. The van der Waals surface area contributed by atoms with Crippen LogP contribution >= 0.6 is 0 Å². The van der Waals surface area contributed by atoms with E-state index in [-0.39, 0.29) is 11.7 Å². The molecule has 8 heteroatoms. The minimum atomic E-state index is -0.606. The predicted molar refractivity (Wildman–Crippen MR) is 112 cm³/mol. The number of aromatic nitrogens is 2. The molecule has 160 valence electrons. The highest BCUT2D eigenvalue weighted by Gasteiger charge is 2.32. The molecule has 1 aliphatic rings. The van der Waals surface area contributed by atoms with Crippen LogP contribution in [0.1, 0.15) is 43.7 Å². The van der Waals surface area contributed by atoms with Crippen LogP contribution in [-0.4, -0.2) is 46.5 Å².